The SMILES string of the molecule is CSc1ccc(-c2ccccc2)cc1C. The Kier molecular flexibility index (Phi) is 3.12. The molecule has 0 N–H and O–H groups in total. The summed E-state index contributed by atoms with van der Waals surface area (Å²) >= 11 is 1.80. The van der Waals surface area contributed by atoms with E-state index in [1.807, 2.05) is 6.07 Å². The van der Waals surface area contributed by atoms with Crippen LogP contribution in [0.25, 0.3) is 11.1 Å². The summed E-state index contributed by atoms with van der Waals surface area (Å²) in [6.07, 6.45) is 2.12. The first kappa shape index (κ1) is 10.3. The second kappa shape index (κ2) is 4.54. The first-order chi connectivity index (χ1) is 7.31. The third-order valence-electron chi connectivity index (χ3n) is 2.50. The number of rotatable bonds is 2. The van der Waals surface area contributed by atoms with Crippen molar-refractivity contribution in [3.63, 3.8) is 0 Å². The van der Waals surface area contributed by atoms with E-state index in [2.05, 4.69) is 55.6 Å². The Hall–Kier alpha value is -1.21. The van der Waals surface area contributed by atoms with Crippen molar-refractivity contribution in [1.82, 2.24) is 0 Å². The first-order valence-electron chi connectivity index (χ1n) is 5.01. The second-order valence-electron chi connectivity index (χ2n) is 3.55. The van der Waals surface area contributed by atoms with Gasteiger partial charge in [-0.2, -0.15) is 0 Å². The van der Waals surface area contributed by atoms with Crippen LogP contribution in [0.1, 0.15) is 5.56 Å². The van der Waals surface area contributed by atoms with Crippen molar-refractivity contribution in [3.05, 3.63) is 54.1 Å². The summed E-state index contributed by atoms with van der Waals surface area (Å²) in [5.41, 5.74) is 3.93. The molecule has 0 nitrogen and oxygen atoms in total. The molecule has 0 bridgehead atoms. The standard InChI is InChI=1S/C14H14S/c1-11-10-13(8-9-14(11)15-2)12-6-4-3-5-7-12/h3-10H,1-2H3. The summed E-state index contributed by atoms with van der Waals surface area (Å²) < 4.78 is 0. The highest BCUT2D eigenvalue weighted by Crippen LogP contribution is 2.26. The van der Waals surface area contributed by atoms with Gasteiger partial charge in [-0.25, -0.2) is 0 Å². The maximum atomic E-state index is 2.25. The Balaban J connectivity index is 2.43. The monoisotopic (exact) mass is 214 g/mol. The normalized spacial score (nSPS) is 10.3. The van der Waals surface area contributed by atoms with E-state index in [0.29, 0.717) is 0 Å². The molecule has 0 saturated heterocycles. The van der Waals surface area contributed by atoms with Crippen molar-refractivity contribution in [3.8, 4) is 11.1 Å². The molecule has 0 atom stereocenters. The molecule has 15 heavy (non-hydrogen) atoms. The van der Waals surface area contributed by atoms with Crippen LogP contribution < -0.4 is 0 Å². The van der Waals surface area contributed by atoms with Crippen LogP contribution in [0.3, 0.4) is 0 Å². The topological polar surface area (TPSA) is 0 Å². The highest BCUT2D eigenvalue weighted by molar-refractivity contribution is 7.98. The lowest BCUT2D eigenvalue weighted by Gasteiger charge is -2.06. The Morgan fingerprint density at radius 1 is 0.867 bits per heavy atom. The maximum Gasteiger partial charge on any atom is 0.00987 e. The molecule has 0 radical (unpaired) electrons. The van der Waals surface area contributed by atoms with Gasteiger partial charge in [-0.3, -0.25) is 0 Å². The number of aryl methyl sites for hydroxylation is 1. The van der Waals surface area contributed by atoms with Crippen LogP contribution in [0.15, 0.2) is 53.4 Å². The Labute approximate surface area is 95.3 Å². The zero-order valence-electron chi connectivity index (χ0n) is 9.03. The third-order valence-corrected chi connectivity index (χ3v) is 3.40. The molecule has 1 heteroatoms. The molecule has 0 unspecified atom stereocenters. The van der Waals surface area contributed by atoms with Gasteiger partial charge in [0.15, 0.2) is 0 Å². The molecule has 76 valence electrons. The van der Waals surface area contributed by atoms with Crippen LogP contribution in [-0.2, 0) is 0 Å². The van der Waals surface area contributed by atoms with Gasteiger partial charge in [0.25, 0.3) is 0 Å². The molecule has 0 spiro atoms. The van der Waals surface area contributed by atoms with Crippen molar-refractivity contribution in [1.29, 1.82) is 0 Å². The largest absolute Gasteiger partial charge is 0.129 e. The number of benzene rings is 2. The Morgan fingerprint density at radius 3 is 2.20 bits per heavy atom. The minimum Gasteiger partial charge on any atom is -0.129 e. The first-order valence-corrected chi connectivity index (χ1v) is 6.24. The lowest BCUT2D eigenvalue weighted by molar-refractivity contribution is 1.31. The minimum atomic E-state index is 1.29. The quantitative estimate of drug-likeness (QED) is 0.668. The highest BCUT2D eigenvalue weighted by Gasteiger charge is 2.00. The average molecular weight is 214 g/mol. The summed E-state index contributed by atoms with van der Waals surface area (Å²) in [7, 11) is 0. The highest BCUT2D eigenvalue weighted by atomic mass is 32.2. The van der Waals surface area contributed by atoms with E-state index in [1.165, 1.54) is 21.6 Å². The van der Waals surface area contributed by atoms with E-state index in [-0.39, 0.29) is 0 Å². The van der Waals surface area contributed by atoms with E-state index in [4.69, 9.17) is 0 Å². The van der Waals surface area contributed by atoms with E-state index in [1.54, 1.807) is 11.8 Å². The molecule has 0 fully saturated rings. The number of hydrogen-bond donors (Lipinski definition) is 0. The summed E-state index contributed by atoms with van der Waals surface area (Å²) in [4.78, 5) is 1.36. The Bertz CT molecular complexity index is 446. The molecule has 2 aromatic rings. The van der Waals surface area contributed by atoms with E-state index < -0.39 is 0 Å². The van der Waals surface area contributed by atoms with Gasteiger partial charge in [0.1, 0.15) is 0 Å². The van der Waals surface area contributed by atoms with Gasteiger partial charge in [-0.1, -0.05) is 42.5 Å². The van der Waals surface area contributed by atoms with Crippen LogP contribution in [-0.4, -0.2) is 6.26 Å². The summed E-state index contributed by atoms with van der Waals surface area (Å²) in [6.45, 7) is 2.16. The van der Waals surface area contributed by atoms with Crippen molar-refractivity contribution < 1.29 is 0 Å². The molecule has 0 aromatic heterocycles. The van der Waals surface area contributed by atoms with Gasteiger partial charge in [0, 0.05) is 4.90 Å². The van der Waals surface area contributed by atoms with Crippen molar-refractivity contribution in [2.45, 2.75) is 11.8 Å². The van der Waals surface area contributed by atoms with Crippen LogP contribution in [0.4, 0.5) is 0 Å². The molecule has 2 aromatic carbocycles. The van der Waals surface area contributed by atoms with Gasteiger partial charge in [0.05, 0.1) is 0 Å². The summed E-state index contributed by atoms with van der Waals surface area (Å²) in [6, 6.07) is 17.1. The van der Waals surface area contributed by atoms with Crippen molar-refractivity contribution in [2.24, 2.45) is 0 Å². The zero-order valence-corrected chi connectivity index (χ0v) is 9.84. The molecule has 0 saturated carbocycles. The molecular weight excluding hydrogens is 200 g/mol. The number of hydrogen-bond acceptors (Lipinski definition) is 1. The van der Waals surface area contributed by atoms with Gasteiger partial charge < -0.3 is 0 Å². The Morgan fingerprint density at radius 2 is 1.60 bits per heavy atom. The minimum absolute atomic E-state index is 1.29. The van der Waals surface area contributed by atoms with Crippen LogP contribution >= 0.6 is 11.8 Å². The fraction of sp³-hybridized carbons (Fsp3) is 0.143. The average Bonchev–Trinajstić information content (AvgIpc) is 2.30. The van der Waals surface area contributed by atoms with E-state index in [0.717, 1.165) is 0 Å². The molecule has 0 heterocycles. The van der Waals surface area contributed by atoms with Gasteiger partial charge in [-0.05, 0) is 35.9 Å². The van der Waals surface area contributed by atoms with E-state index >= 15 is 0 Å². The smallest absolute Gasteiger partial charge is 0.00987 e. The van der Waals surface area contributed by atoms with Crippen LogP contribution in [0.5, 0.6) is 0 Å². The zero-order chi connectivity index (χ0) is 10.7. The van der Waals surface area contributed by atoms with Crippen molar-refractivity contribution in [2.75, 3.05) is 6.26 Å². The summed E-state index contributed by atoms with van der Waals surface area (Å²) in [5.74, 6) is 0. The molecule has 0 aliphatic heterocycles. The second-order valence-corrected chi connectivity index (χ2v) is 4.40. The van der Waals surface area contributed by atoms with Gasteiger partial charge >= 0.3 is 0 Å². The molecule has 2 rings (SSSR count). The predicted octanol–water partition coefficient (Wildman–Crippen LogP) is 4.38. The number of thioether (sulfide) groups is 1. The molecule has 0 amide bonds. The third kappa shape index (κ3) is 2.24. The van der Waals surface area contributed by atoms with Crippen molar-refractivity contribution >= 4 is 11.8 Å². The van der Waals surface area contributed by atoms with E-state index in [9.17, 15) is 0 Å². The molecule has 0 aliphatic rings. The maximum absolute atomic E-state index is 2.25. The molecule has 0 aliphatic carbocycles. The predicted molar refractivity (Wildman–Crippen MR) is 68.4 cm³/mol. The lowest BCUT2D eigenvalue weighted by atomic mass is 10.0. The van der Waals surface area contributed by atoms with Crippen LogP contribution in [0, 0.1) is 6.92 Å². The summed E-state index contributed by atoms with van der Waals surface area (Å²) in [5, 5.41) is 0. The molecular formula is C14H14S. The van der Waals surface area contributed by atoms with Gasteiger partial charge in [0.2, 0.25) is 0 Å². The van der Waals surface area contributed by atoms with Crippen LogP contribution in [0.2, 0.25) is 0 Å². The fourth-order valence-electron chi connectivity index (χ4n) is 1.69. The lowest BCUT2D eigenvalue weighted by Crippen LogP contribution is -1.82. The fourth-order valence-corrected chi connectivity index (χ4v) is 2.27. The van der Waals surface area contributed by atoms with Gasteiger partial charge in [-0.15, -0.1) is 11.8 Å².